The van der Waals surface area contributed by atoms with Gasteiger partial charge in [-0.05, 0) is 50.2 Å². The zero-order chi connectivity index (χ0) is 18.4. The number of methoxy groups -OCH3 is 2. The summed E-state index contributed by atoms with van der Waals surface area (Å²) in [6, 6.07) is 10.6. The number of carbonyl (C=O) groups excluding carboxylic acids is 1. The molecule has 0 atom stereocenters. The highest BCUT2D eigenvalue weighted by atomic mass is 16.5. The first kappa shape index (κ1) is 18.4. The van der Waals surface area contributed by atoms with Gasteiger partial charge in [-0.2, -0.15) is 0 Å². The zero-order valence-corrected chi connectivity index (χ0v) is 15.1. The fraction of sp³-hybridized carbons (Fsp3) is 0.316. The summed E-state index contributed by atoms with van der Waals surface area (Å²) in [5.74, 6) is 0.846. The lowest BCUT2D eigenvalue weighted by atomic mass is 10.1. The van der Waals surface area contributed by atoms with Crippen LogP contribution in [0.1, 0.15) is 24.2 Å². The number of hydrogen-bond acceptors (Lipinski definition) is 5. The number of nitrogens with zero attached hydrogens (tertiary/aromatic N) is 1. The number of anilines is 3. The molecule has 25 heavy (non-hydrogen) atoms. The summed E-state index contributed by atoms with van der Waals surface area (Å²) in [6.07, 6.45) is 0. The van der Waals surface area contributed by atoms with E-state index in [-0.39, 0.29) is 5.91 Å². The van der Waals surface area contributed by atoms with Crippen LogP contribution in [-0.2, 0) is 0 Å². The third-order valence-corrected chi connectivity index (χ3v) is 4.02. The van der Waals surface area contributed by atoms with Crippen molar-refractivity contribution in [2.24, 2.45) is 0 Å². The molecule has 1 amide bonds. The summed E-state index contributed by atoms with van der Waals surface area (Å²) >= 11 is 0. The van der Waals surface area contributed by atoms with Crippen molar-refractivity contribution in [1.29, 1.82) is 0 Å². The molecule has 0 saturated carbocycles. The Bertz CT molecular complexity index is 743. The van der Waals surface area contributed by atoms with Gasteiger partial charge in [0.05, 0.1) is 25.6 Å². The Morgan fingerprint density at radius 3 is 2.32 bits per heavy atom. The van der Waals surface area contributed by atoms with Crippen LogP contribution in [0, 0.1) is 0 Å². The van der Waals surface area contributed by atoms with Gasteiger partial charge in [0.2, 0.25) is 0 Å². The number of nitrogens with one attached hydrogen (secondary N) is 1. The van der Waals surface area contributed by atoms with Crippen LogP contribution in [0.15, 0.2) is 36.4 Å². The van der Waals surface area contributed by atoms with Gasteiger partial charge < -0.3 is 25.4 Å². The van der Waals surface area contributed by atoms with Crippen LogP contribution in [0.3, 0.4) is 0 Å². The average molecular weight is 343 g/mol. The fourth-order valence-corrected chi connectivity index (χ4v) is 2.67. The molecule has 0 aliphatic rings. The van der Waals surface area contributed by atoms with Crippen molar-refractivity contribution in [2.45, 2.75) is 13.8 Å². The Morgan fingerprint density at radius 2 is 1.72 bits per heavy atom. The molecule has 2 aromatic rings. The smallest absolute Gasteiger partial charge is 0.255 e. The minimum absolute atomic E-state index is 0.236. The third-order valence-electron chi connectivity index (χ3n) is 4.02. The predicted octanol–water partition coefficient (Wildman–Crippen LogP) is 3.38. The molecule has 0 spiro atoms. The Labute approximate surface area is 148 Å². The van der Waals surface area contributed by atoms with Crippen molar-refractivity contribution in [3.05, 3.63) is 42.0 Å². The lowest BCUT2D eigenvalue weighted by Crippen LogP contribution is -2.24. The van der Waals surface area contributed by atoms with Crippen LogP contribution in [0.2, 0.25) is 0 Å². The lowest BCUT2D eigenvalue weighted by Gasteiger charge is -2.24. The second kappa shape index (κ2) is 8.28. The predicted molar refractivity (Wildman–Crippen MR) is 102 cm³/mol. The molecule has 0 bridgehead atoms. The molecule has 2 rings (SSSR count). The minimum Gasteiger partial charge on any atom is -0.493 e. The molecule has 0 saturated heterocycles. The molecule has 134 valence electrons. The summed E-state index contributed by atoms with van der Waals surface area (Å²) in [4.78, 5) is 14.8. The highest BCUT2D eigenvalue weighted by Crippen LogP contribution is 2.30. The topological polar surface area (TPSA) is 76.8 Å². The Hall–Kier alpha value is -2.89. The summed E-state index contributed by atoms with van der Waals surface area (Å²) in [6.45, 7) is 5.80. The minimum atomic E-state index is -0.236. The van der Waals surface area contributed by atoms with E-state index in [1.54, 1.807) is 31.4 Å². The molecule has 6 nitrogen and oxygen atoms in total. The van der Waals surface area contributed by atoms with Crippen molar-refractivity contribution < 1.29 is 14.3 Å². The van der Waals surface area contributed by atoms with E-state index in [4.69, 9.17) is 15.2 Å². The van der Waals surface area contributed by atoms with Gasteiger partial charge >= 0.3 is 0 Å². The van der Waals surface area contributed by atoms with Gasteiger partial charge in [0.25, 0.3) is 5.91 Å². The Kier molecular flexibility index (Phi) is 6.11. The van der Waals surface area contributed by atoms with Crippen molar-refractivity contribution >= 4 is 23.0 Å². The molecular formula is C19H25N3O3. The van der Waals surface area contributed by atoms with Gasteiger partial charge in [-0.25, -0.2) is 0 Å². The summed E-state index contributed by atoms with van der Waals surface area (Å²) in [5, 5.41) is 2.95. The first-order valence-corrected chi connectivity index (χ1v) is 8.21. The molecule has 6 heteroatoms. The van der Waals surface area contributed by atoms with Gasteiger partial charge in [-0.15, -0.1) is 0 Å². The maximum atomic E-state index is 12.7. The van der Waals surface area contributed by atoms with E-state index in [1.165, 1.54) is 7.11 Å². The second-order valence-corrected chi connectivity index (χ2v) is 5.47. The molecule has 0 aromatic heterocycles. The summed E-state index contributed by atoms with van der Waals surface area (Å²) in [5.41, 5.74) is 8.60. The molecule has 0 heterocycles. The van der Waals surface area contributed by atoms with Gasteiger partial charge in [-0.3, -0.25) is 4.79 Å². The van der Waals surface area contributed by atoms with E-state index in [0.717, 1.165) is 18.8 Å². The first-order valence-electron chi connectivity index (χ1n) is 8.21. The van der Waals surface area contributed by atoms with Gasteiger partial charge in [0, 0.05) is 24.3 Å². The number of ether oxygens (including phenoxy) is 2. The van der Waals surface area contributed by atoms with Crippen molar-refractivity contribution in [3.8, 4) is 11.5 Å². The molecule has 0 fully saturated rings. The fourth-order valence-electron chi connectivity index (χ4n) is 2.67. The highest BCUT2D eigenvalue weighted by molar-refractivity contribution is 6.06. The number of rotatable bonds is 7. The van der Waals surface area contributed by atoms with Crippen LogP contribution < -0.4 is 25.4 Å². The monoisotopic (exact) mass is 343 g/mol. The third kappa shape index (κ3) is 4.15. The average Bonchev–Trinajstić information content (AvgIpc) is 2.63. The Balaban J connectivity index is 2.33. The number of nitrogens with two attached hydrogens (primary N) is 1. The molecule has 0 aliphatic heterocycles. The number of hydrogen-bond donors (Lipinski definition) is 2. The molecule has 3 N–H and O–H groups in total. The van der Waals surface area contributed by atoms with E-state index in [1.807, 2.05) is 12.1 Å². The van der Waals surface area contributed by atoms with E-state index in [9.17, 15) is 4.79 Å². The maximum Gasteiger partial charge on any atom is 0.255 e. The van der Waals surface area contributed by atoms with Crippen LogP contribution in [-0.4, -0.2) is 33.2 Å². The molecule has 2 aromatic carbocycles. The van der Waals surface area contributed by atoms with Crippen molar-refractivity contribution in [1.82, 2.24) is 0 Å². The lowest BCUT2D eigenvalue weighted by molar-refractivity contribution is 0.102. The Morgan fingerprint density at radius 1 is 1.04 bits per heavy atom. The summed E-state index contributed by atoms with van der Waals surface area (Å²) < 4.78 is 10.5. The van der Waals surface area contributed by atoms with Gasteiger partial charge in [-0.1, -0.05) is 0 Å². The van der Waals surface area contributed by atoms with E-state index >= 15 is 0 Å². The number of amides is 1. The number of nitrogen functional groups attached to an aromatic ring is 1. The van der Waals surface area contributed by atoms with Crippen LogP contribution in [0.25, 0.3) is 0 Å². The van der Waals surface area contributed by atoms with Crippen molar-refractivity contribution in [2.75, 3.05) is 43.3 Å². The SMILES string of the molecule is CCN(CC)c1ccc(N)cc1NC(=O)c1ccc(OC)c(OC)c1. The molecule has 0 aliphatic carbocycles. The zero-order valence-electron chi connectivity index (χ0n) is 15.1. The van der Waals surface area contributed by atoms with Crippen LogP contribution >= 0.6 is 0 Å². The van der Waals surface area contributed by atoms with E-state index in [2.05, 4.69) is 24.1 Å². The standard InChI is InChI=1S/C19H25N3O3/c1-5-22(6-2)16-9-8-14(20)12-15(16)21-19(23)13-7-10-17(24-3)18(11-13)25-4/h7-12H,5-6,20H2,1-4H3,(H,21,23). The van der Waals surface area contributed by atoms with Crippen molar-refractivity contribution in [3.63, 3.8) is 0 Å². The highest BCUT2D eigenvalue weighted by Gasteiger charge is 2.15. The van der Waals surface area contributed by atoms with Crippen LogP contribution in [0.5, 0.6) is 11.5 Å². The normalized spacial score (nSPS) is 10.2. The molecule has 0 unspecified atom stereocenters. The largest absolute Gasteiger partial charge is 0.493 e. The van der Waals surface area contributed by atoms with Gasteiger partial charge in [0.15, 0.2) is 11.5 Å². The quantitative estimate of drug-likeness (QED) is 0.754. The first-order chi connectivity index (χ1) is 12.0. The second-order valence-electron chi connectivity index (χ2n) is 5.47. The maximum absolute atomic E-state index is 12.7. The molecular weight excluding hydrogens is 318 g/mol. The number of benzene rings is 2. The van der Waals surface area contributed by atoms with Crippen LogP contribution in [0.4, 0.5) is 17.1 Å². The molecule has 0 radical (unpaired) electrons. The summed E-state index contributed by atoms with van der Waals surface area (Å²) in [7, 11) is 3.09. The number of carbonyl (C=O) groups is 1. The van der Waals surface area contributed by atoms with Gasteiger partial charge in [0.1, 0.15) is 0 Å². The van der Waals surface area contributed by atoms with E-state index in [0.29, 0.717) is 28.4 Å². The van der Waals surface area contributed by atoms with E-state index < -0.39 is 0 Å².